The lowest BCUT2D eigenvalue weighted by atomic mass is 10.1. The third-order valence-electron chi connectivity index (χ3n) is 7.34. The summed E-state index contributed by atoms with van der Waals surface area (Å²) in [5.41, 5.74) is 10.1. The minimum atomic E-state index is 0.848. The van der Waals surface area contributed by atoms with Gasteiger partial charge < -0.3 is 14.8 Å². The molecule has 3 aromatic rings. The SMILES string of the molecule is Cc1cc(C)c(-n2cc(C)c3c(N(CCN4CCNCC4)CC4CC4)cc(C)nc32)c(C)c1. The topological polar surface area (TPSA) is 36.3 Å². The Bertz CT molecular complexity index is 1130. The summed E-state index contributed by atoms with van der Waals surface area (Å²) in [6.07, 6.45) is 5.05. The van der Waals surface area contributed by atoms with E-state index >= 15 is 0 Å². The molecule has 1 N–H and O–H groups in total. The fourth-order valence-electron chi connectivity index (χ4n) is 5.60. The molecule has 2 aromatic heterocycles. The Morgan fingerprint density at radius 1 is 0.970 bits per heavy atom. The second kappa shape index (κ2) is 9.11. The van der Waals surface area contributed by atoms with Crippen LogP contribution in [-0.2, 0) is 0 Å². The van der Waals surface area contributed by atoms with Crippen LogP contribution in [-0.4, -0.2) is 60.3 Å². The lowest BCUT2D eigenvalue weighted by Gasteiger charge is -2.32. The average Bonchev–Trinajstić information content (AvgIpc) is 3.53. The highest BCUT2D eigenvalue weighted by Crippen LogP contribution is 2.37. The molecule has 1 aliphatic heterocycles. The first-order chi connectivity index (χ1) is 15.9. The normalized spacial score (nSPS) is 17.1. The molecule has 1 saturated carbocycles. The Morgan fingerprint density at radius 3 is 2.33 bits per heavy atom. The Labute approximate surface area is 198 Å². The lowest BCUT2D eigenvalue weighted by Crippen LogP contribution is -2.46. The van der Waals surface area contributed by atoms with Gasteiger partial charge in [0.1, 0.15) is 5.65 Å². The Hall–Kier alpha value is -2.37. The van der Waals surface area contributed by atoms with Gasteiger partial charge in [-0.25, -0.2) is 4.98 Å². The summed E-state index contributed by atoms with van der Waals surface area (Å²) in [6.45, 7) is 18.9. The quantitative estimate of drug-likeness (QED) is 0.572. The van der Waals surface area contributed by atoms with Crippen molar-refractivity contribution in [2.45, 2.75) is 47.5 Å². The minimum Gasteiger partial charge on any atom is -0.369 e. The van der Waals surface area contributed by atoms with Crippen LogP contribution in [0.25, 0.3) is 16.7 Å². The van der Waals surface area contributed by atoms with Crippen molar-refractivity contribution in [3.8, 4) is 5.69 Å². The molecule has 1 aromatic carbocycles. The standard InChI is InChI=1S/C28H39N5/c1-19-14-20(2)27(21(3)15-19)33-17-22(4)26-25(16-23(5)30-28(26)33)32(18-24-6-7-24)13-12-31-10-8-29-9-11-31/h14-17,24,29H,6-13,18H2,1-5H3. The van der Waals surface area contributed by atoms with Crippen LogP contribution in [0.5, 0.6) is 0 Å². The zero-order valence-electron chi connectivity index (χ0n) is 21.0. The Morgan fingerprint density at radius 2 is 1.67 bits per heavy atom. The van der Waals surface area contributed by atoms with E-state index in [1.54, 1.807) is 0 Å². The molecule has 0 radical (unpaired) electrons. The molecule has 2 aliphatic rings. The number of nitrogens with zero attached hydrogens (tertiary/aromatic N) is 4. The van der Waals surface area contributed by atoms with Gasteiger partial charge in [-0.05, 0) is 76.1 Å². The number of rotatable bonds is 7. The zero-order valence-corrected chi connectivity index (χ0v) is 21.0. The maximum atomic E-state index is 5.08. The van der Waals surface area contributed by atoms with E-state index in [2.05, 4.69) is 78.7 Å². The fraction of sp³-hybridized carbons (Fsp3) is 0.536. The molecule has 5 heteroatoms. The molecule has 176 valence electrons. The second-order valence-electron chi connectivity index (χ2n) is 10.4. The van der Waals surface area contributed by atoms with Crippen molar-refractivity contribution < 1.29 is 0 Å². The number of nitrogens with one attached hydrogen (secondary N) is 1. The average molecular weight is 446 g/mol. The molecular formula is C28H39N5. The van der Waals surface area contributed by atoms with Gasteiger partial charge in [-0.1, -0.05) is 17.7 Å². The maximum Gasteiger partial charge on any atom is 0.147 e. The van der Waals surface area contributed by atoms with E-state index in [1.165, 1.54) is 51.9 Å². The Kier molecular flexibility index (Phi) is 6.19. The van der Waals surface area contributed by atoms with Gasteiger partial charge in [0.2, 0.25) is 0 Å². The summed E-state index contributed by atoms with van der Waals surface area (Å²) in [4.78, 5) is 10.4. The van der Waals surface area contributed by atoms with Crippen molar-refractivity contribution in [3.63, 3.8) is 0 Å². The van der Waals surface area contributed by atoms with Gasteiger partial charge in [0, 0.05) is 68.8 Å². The number of piperazine rings is 1. The van der Waals surface area contributed by atoms with E-state index in [1.807, 2.05) is 0 Å². The summed E-state index contributed by atoms with van der Waals surface area (Å²) >= 11 is 0. The summed E-state index contributed by atoms with van der Waals surface area (Å²) in [6, 6.07) is 6.90. The van der Waals surface area contributed by atoms with Gasteiger partial charge in [0.05, 0.1) is 5.69 Å². The third-order valence-corrected chi connectivity index (χ3v) is 7.34. The fourth-order valence-corrected chi connectivity index (χ4v) is 5.60. The molecule has 5 nitrogen and oxygen atoms in total. The molecule has 0 atom stereocenters. The van der Waals surface area contributed by atoms with Crippen LogP contribution in [0, 0.1) is 40.5 Å². The number of hydrogen-bond acceptors (Lipinski definition) is 4. The van der Waals surface area contributed by atoms with E-state index in [-0.39, 0.29) is 0 Å². The van der Waals surface area contributed by atoms with Gasteiger partial charge >= 0.3 is 0 Å². The molecule has 0 amide bonds. The molecule has 1 saturated heterocycles. The summed E-state index contributed by atoms with van der Waals surface area (Å²) < 4.78 is 2.34. The predicted molar refractivity (Wildman–Crippen MR) is 139 cm³/mol. The van der Waals surface area contributed by atoms with Crippen LogP contribution >= 0.6 is 0 Å². The second-order valence-corrected chi connectivity index (χ2v) is 10.4. The van der Waals surface area contributed by atoms with Crippen molar-refractivity contribution >= 4 is 16.7 Å². The van der Waals surface area contributed by atoms with E-state index in [0.29, 0.717) is 0 Å². The van der Waals surface area contributed by atoms with Gasteiger partial charge in [0.15, 0.2) is 0 Å². The highest BCUT2D eigenvalue weighted by molar-refractivity contribution is 5.95. The minimum absolute atomic E-state index is 0.848. The predicted octanol–water partition coefficient (Wildman–Crippen LogP) is 4.69. The number of pyridine rings is 1. The first-order valence-corrected chi connectivity index (χ1v) is 12.7. The van der Waals surface area contributed by atoms with Crippen LogP contribution in [0.3, 0.4) is 0 Å². The maximum absolute atomic E-state index is 5.08. The van der Waals surface area contributed by atoms with Crippen molar-refractivity contribution in [3.05, 3.63) is 52.3 Å². The van der Waals surface area contributed by atoms with E-state index in [4.69, 9.17) is 4.98 Å². The number of fused-ring (bicyclic) bond motifs is 1. The number of anilines is 1. The molecule has 5 rings (SSSR count). The Balaban J connectivity index is 1.57. The summed E-state index contributed by atoms with van der Waals surface area (Å²) in [7, 11) is 0. The highest BCUT2D eigenvalue weighted by Gasteiger charge is 2.27. The monoisotopic (exact) mass is 445 g/mol. The van der Waals surface area contributed by atoms with Gasteiger partial charge in [-0.2, -0.15) is 0 Å². The van der Waals surface area contributed by atoms with Gasteiger partial charge in [0.25, 0.3) is 0 Å². The van der Waals surface area contributed by atoms with Crippen LogP contribution in [0.4, 0.5) is 5.69 Å². The number of benzene rings is 1. The van der Waals surface area contributed by atoms with Crippen molar-refractivity contribution in [1.29, 1.82) is 0 Å². The van der Waals surface area contributed by atoms with Crippen LogP contribution in [0.1, 0.15) is 40.8 Å². The van der Waals surface area contributed by atoms with Crippen LogP contribution in [0.2, 0.25) is 0 Å². The molecule has 3 heterocycles. The van der Waals surface area contributed by atoms with Crippen LogP contribution in [0.15, 0.2) is 24.4 Å². The van der Waals surface area contributed by atoms with Crippen molar-refractivity contribution in [2.75, 3.05) is 50.7 Å². The van der Waals surface area contributed by atoms with Crippen molar-refractivity contribution in [2.24, 2.45) is 5.92 Å². The molecule has 1 aliphatic carbocycles. The summed E-state index contributed by atoms with van der Waals surface area (Å²) in [5.74, 6) is 0.848. The third kappa shape index (κ3) is 4.67. The van der Waals surface area contributed by atoms with Gasteiger partial charge in [-0.15, -0.1) is 0 Å². The molecule has 0 unspecified atom stereocenters. The molecule has 33 heavy (non-hydrogen) atoms. The van der Waals surface area contributed by atoms with Crippen molar-refractivity contribution in [1.82, 2.24) is 19.8 Å². The van der Waals surface area contributed by atoms with Gasteiger partial charge in [-0.3, -0.25) is 4.90 Å². The molecule has 2 fully saturated rings. The largest absolute Gasteiger partial charge is 0.369 e. The highest BCUT2D eigenvalue weighted by atomic mass is 15.2. The van der Waals surface area contributed by atoms with Crippen LogP contribution < -0.4 is 10.2 Å². The first kappa shape index (κ1) is 22.4. The number of aryl methyl sites for hydroxylation is 5. The van der Waals surface area contributed by atoms with E-state index in [0.717, 1.165) is 63.1 Å². The zero-order chi connectivity index (χ0) is 23.1. The lowest BCUT2D eigenvalue weighted by molar-refractivity contribution is 0.245. The summed E-state index contributed by atoms with van der Waals surface area (Å²) in [5, 5.41) is 4.80. The molecule has 0 bridgehead atoms. The number of hydrogen-bond donors (Lipinski definition) is 1. The smallest absolute Gasteiger partial charge is 0.147 e. The molecule has 0 spiro atoms. The van der Waals surface area contributed by atoms with E-state index in [9.17, 15) is 0 Å². The number of aromatic nitrogens is 2. The molecular weight excluding hydrogens is 406 g/mol. The van der Waals surface area contributed by atoms with E-state index < -0.39 is 0 Å². The first-order valence-electron chi connectivity index (χ1n) is 12.7.